The highest BCUT2D eigenvalue weighted by atomic mass is 32.2. The van der Waals surface area contributed by atoms with Crippen LogP contribution in [0.5, 0.6) is 0 Å². The van der Waals surface area contributed by atoms with Crippen molar-refractivity contribution in [3.8, 4) is 0 Å². The number of nitrogens with one attached hydrogen (secondary N) is 1. The van der Waals surface area contributed by atoms with Crippen molar-refractivity contribution in [2.75, 3.05) is 24.3 Å². The topological polar surface area (TPSA) is 46.2 Å². The summed E-state index contributed by atoms with van der Waals surface area (Å²) in [6.07, 6.45) is 0.699. The largest absolute Gasteiger partial charge is 0.316 e. The summed E-state index contributed by atoms with van der Waals surface area (Å²) in [5.41, 5.74) is 1.22. The smallest absolute Gasteiger partial charge is 0.151 e. The first kappa shape index (κ1) is 15.5. The van der Waals surface area contributed by atoms with E-state index in [9.17, 15) is 8.42 Å². The Morgan fingerprint density at radius 3 is 2.72 bits per heavy atom. The molecule has 0 saturated carbocycles. The van der Waals surface area contributed by atoms with Gasteiger partial charge in [-0.3, -0.25) is 0 Å². The van der Waals surface area contributed by atoms with E-state index < -0.39 is 9.84 Å². The predicted molar refractivity (Wildman–Crippen MR) is 78.9 cm³/mol. The third-order valence-electron chi connectivity index (χ3n) is 2.46. The Morgan fingerprint density at radius 1 is 1.28 bits per heavy atom. The van der Waals surface area contributed by atoms with Crippen molar-refractivity contribution < 1.29 is 8.42 Å². The lowest BCUT2D eigenvalue weighted by molar-refractivity contribution is 0.596. The maximum Gasteiger partial charge on any atom is 0.151 e. The van der Waals surface area contributed by atoms with Crippen LogP contribution in [0, 0.1) is 0 Å². The molecule has 0 aliphatic carbocycles. The summed E-state index contributed by atoms with van der Waals surface area (Å²) in [5, 5.41) is 3.10. The zero-order valence-corrected chi connectivity index (χ0v) is 12.6. The van der Waals surface area contributed by atoms with E-state index in [0.717, 1.165) is 11.4 Å². The van der Waals surface area contributed by atoms with Crippen LogP contribution < -0.4 is 5.32 Å². The molecule has 0 bridgehead atoms. The molecule has 0 amide bonds. The SMILES string of the molecule is CCCS(=O)(=O)CCSc1cccc(CNC)c1. The van der Waals surface area contributed by atoms with Crippen molar-refractivity contribution in [2.24, 2.45) is 0 Å². The molecule has 1 aromatic carbocycles. The first-order chi connectivity index (χ1) is 8.57. The molecular formula is C13H21NO2S2. The van der Waals surface area contributed by atoms with Crippen LogP contribution in [0.15, 0.2) is 29.2 Å². The molecule has 0 aromatic heterocycles. The van der Waals surface area contributed by atoms with Gasteiger partial charge in [0.25, 0.3) is 0 Å². The van der Waals surface area contributed by atoms with Crippen LogP contribution in [0.4, 0.5) is 0 Å². The van der Waals surface area contributed by atoms with E-state index in [2.05, 4.69) is 17.4 Å². The highest BCUT2D eigenvalue weighted by Gasteiger charge is 2.09. The Morgan fingerprint density at radius 2 is 2.06 bits per heavy atom. The fourth-order valence-electron chi connectivity index (χ4n) is 1.65. The first-order valence-corrected chi connectivity index (χ1v) is 8.95. The summed E-state index contributed by atoms with van der Waals surface area (Å²) >= 11 is 1.61. The van der Waals surface area contributed by atoms with E-state index in [1.807, 2.05) is 26.1 Å². The molecule has 0 saturated heterocycles. The van der Waals surface area contributed by atoms with Gasteiger partial charge in [0.2, 0.25) is 0 Å². The van der Waals surface area contributed by atoms with Gasteiger partial charge >= 0.3 is 0 Å². The molecule has 0 spiro atoms. The number of benzene rings is 1. The summed E-state index contributed by atoms with van der Waals surface area (Å²) < 4.78 is 23.1. The van der Waals surface area contributed by atoms with E-state index in [4.69, 9.17) is 0 Å². The molecule has 0 unspecified atom stereocenters. The first-order valence-electron chi connectivity index (χ1n) is 6.14. The zero-order valence-electron chi connectivity index (χ0n) is 11.0. The second-order valence-electron chi connectivity index (χ2n) is 4.18. The van der Waals surface area contributed by atoms with Gasteiger partial charge in [-0.2, -0.15) is 0 Å². The molecule has 0 fully saturated rings. The van der Waals surface area contributed by atoms with Crippen molar-refractivity contribution in [1.82, 2.24) is 5.32 Å². The molecule has 1 N–H and O–H groups in total. The molecular weight excluding hydrogens is 266 g/mol. The van der Waals surface area contributed by atoms with Gasteiger partial charge in [-0.15, -0.1) is 11.8 Å². The Kier molecular flexibility index (Phi) is 6.75. The van der Waals surface area contributed by atoms with E-state index >= 15 is 0 Å². The Hall–Kier alpha value is -0.520. The van der Waals surface area contributed by atoms with Gasteiger partial charge < -0.3 is 5.32 Å². The molecule has 0 aliphatic rings. The summed E-state index contributed by atoms with van der Waals surface area (Å²) in [7, 11) is -0.941. The highest BCUT2D eigenvalue weighted by Crippen LogP contribution is 2.19. The molecule has 0 heterocycles. The minimum Gasteiger partial charge on any atom is -0.316 e. The molecule has 1 rings (SSSR count). The quantitative estimate of drug-likeness (QED) is 0.745. The Balaban J connectivity index is 2.46. The van der Waals surface area contributed by atoms with Crippen LogP contribution in [-0.4, -0.2) is 32.7 Å². The van der Waals surface area contributed by atoms with Crippen LogP contribution in [0.25, 0.3) is 0 Å². The van der Waals surface area contributed by atoms with Crippen molar-refractivity contribution in [3.63, 3.8) is 0 Å². The Bertz CT molecular complexity index is 458. The predicted octanol–water partition coefficient (Wildman–Crippen LogP) is 2.32. The molecule has 18 heavy (non-hydrogen) atoms. The summed E-state index contributed by atoms with van der Waals surface area (Å²) in [6.45, 7) is 2.73. The second-order valence-corrected chi connectivity index (χ2v) is 7.65. The average molecular weight is 287 g/mol. The average Bonchev–Trinajstić information content (AvgIpc) is 2.29. The monoisotopic (exact) mass is 287 g/mol. The van der Waals surface area contributed by atoms with Crippen molar-refractivity contribution >= 4 is 21.6 Å². The van der Waals surface area contributed by atoms with Gasteiger partial charge in [-0.25, -0.2) is 8.42 Å². The summed E-state index contributed by atoms with van der Waals surface area (Å²) in [4.78, 5) is 1.13. The molecule has 0 radical (unpaired) electrons. The van der Waals surface area contributed by atoms with Gasteiger partial charge in [-0.05, 0) is 31.2 Å². The third kappa shape index (κ3) is 5.89. The van der Waals surface area contributed by atoms with Gasteiger partial charge in [0.05, 0.1) is 5.75 Å². The number of rotatable bonds is 8. The molecule has 5 heteroatoms. The fourth-order valence-corrected chi connectivity index (χ4v) is 4.47. The molecule has 3 nitrogen and oxygen atoms in total. The van der Waals surface area contributed by atoms with Crippen LogP contribution in [-0.2, 0) is 16.4 Å². The van der Waals surface area contributed by atoms with Gasteiger partial charge in [0.1, 0.15) is 0 Å². The normalized spacial score (nSPS) is 11.7. The van der Waals surface area contributed by atoms with E-state index in [1.165, 1.54) is 5.56 Å². The van der Waals surface area contributed by atoms with Gasteiger partial charge in [0, 0.05) is 22.9 Å². The maximum atomic E-state index is 11.6. The standard InChI is InChI=1S/C13H21NO2S2/c1-3-8-18(15,16)9-7-17-13-6-4-5-12(10-13)11-14-2/h4-6,10,14H,3,7-9,11H2,1-2H3. The summed E-state index contributed by atoms with van der Waals surface area (Å²) in [6, 6.07) is 8.20. The lowest BCUT2D eigenvalue weighted by atomic mass is 10.2. The van der Waals surface area contributed by atoms with E-state index in [-0.39, 0.29) is 5.75 Å². The summed E-state index contributed by atoms with van der Waals surface area (Å²) in [5.74, 6) is 1.19. The van der Waals surface area contributed by atoms with Crippen LogP contribution in [0.2, 0.25) is 0 Å². The third-order valence-corrected chi connectivity index (χ3v) is 5.57. The second kappa shape index (κ2) is 7.81. The lowest BCUT2D eigenvalue weighted by Gasteiger charge is -2.05. The zero-order chi connectivity index (χ0) is 13.4. The van der Waals surface area contributed by atoms with Crippen molar-refractivity contribution in [3.05, 3.63) is 29.8 Å². The van der Waals surface area contributed by atoms with Crippen LogP contribution >= 0.6 is 11.8 Å². The number of hydrogen-bond donors (Lipinski definition) is 1. The molecule has 0 aliphatic heterocycles. The van der Waals surface area contributed by atoms with E-state index in [0.29, 0.717) is 17.9 Å². The highest BCUT2D eigenvalue weighted by molar-refractivity contribution is 8.00. The molecule has 1 aromatic rings. The minimum atomic E-state index is -2.86. The lowest BCUT2D eigenvalue weighted by Crippen LogP contribution is -2.12. The Labute approximate surface area is 114 Å². The maximum absolute atomic E-state index is 11.6. The van der Waals surface area contributed by atoms with Crippen LogP contribution in [0.3, 0.4) is 0 Å². The number of hydrogen-bond acceptors (Lipinski definition) is 4. The van der Waals surface area contributed by atoms with Crippen LogP contribution in [0.1, 0.15) is 18.9 Å². The van der Waals surface area contributed by atoms with E-state index in [1.54, 1.807) is 11.8 Å². The minimum absolute atomic E-state index is 0.266. The van der Waals surface area contributed by atoms with Crippen molar-refractivity contribution in [1.29, 1.82) is 0 Å². The molecule has 102 valence electrons. The van der Waals surface area contributed by atoms with Crippen molar-refractivity contribution in [2.45, 2.75) is 24.8 Å². The van der Waals surface area contributed by atoms with Gasteiger partial charge in [-0.1, -0.05) is 19.1 Å². The number of sulfone groups is 1. The van der Waals surface area contributed by atoms with Gasteiger partial charge in [0.15, 0.2) is 9.84 Å². The fraction of sp³-hybridized carbons (Fsp3) is 0.538. The number of thioether (sulfide) groups is 1. The molecule has 0 atom stereocenters.